The molecule has 2 aromatic carbocycles. The molecule has 148 valence electrons. The molecule has 28 heavy (non-hydrogen) atoms. The van der Waals surface area contributed by atoms with Gasteiger partial charge >= 0.3 is 0 Å². The normalized spacial score (nSPS) is 14.8. The number of ether oxygens (including phenoxy) is 2. The highest BCUT2D eigenvalue weighted by atomic mass is 79.9. The molecule has 0 fully saturated rings. The van der Waals surface area contributed by atoms with Gasteiger partial charge in [0.15, 0.2) is 0 Å². The molecule has 0 aliphatic carbocycles. The highest BCUT2D eigenvalue weighted by Gasteiger charge is 2.22. The number of hydrogen-bond donors (Lipinski definition) is 2. The summed E-state index contributed by atoms with van der Waals surface area (Å²) >= 11 is 3.32. The number of fused-ring (bicyclic) bond motifs is 1. The van der Waals surface area contributed by atoms with Gasteiger partial charge in [0.1, 0.15) is 17.6 Å². The second kappa shape index (κ2) is 9.10. The number of halogens is 1. The number of nitrogens with one attached hydrogen (secondary N) is 2. The van der Waals surface area contributed by atoms with Gasteiger partial charge in [0.25, 0.3) is 5.91 Å². The molecule has 7 heteroatoms. The Morgan fingerprint density at radius 3 is 2.82 bits per heavy atom. The molecule has 1 aliphatic heterocycles. The molecular formula is C21H23BrN2O4. The number of benzene rings is 2. The number of rotatable bonds is 7. The zero-order valence-electron chi connectivity index (χ0n) is 15.9. The van der Waals surface area contributed by atoms with E-state index in [1.165, 1.54) is 0 Å². The second-order valence-corrected chi connectivity index (χ2v) is 7.52. The van der Waals surface area contributed by atoms with Crippen LogP contribution in [-0.4, -0.2) is 31.1 Å². The fourth-order valence-electron chi connectivity index (χ4n) is 3.06. The topological polar surface area (TPSA) is 76.7 Å². The van der Waals surface area contributed by atoms with Crippen molar-refractivity contribution in [2.45, 2.75) is 32.9 Å². The van der Waals surface area contributed by atoms with Crippen molar-refractivity contribution in [2.24, 2.45) is 0 Å². The van der Waals surface area contributed by atoms with E-state index >= 15 is 0 Å². The molecule has 0 saturated heterocycles. The molecule has 2 aromatic rings. The molecule has 0 saturated carbocycles. The van der Waals surface area contributed by atoms with Gasteiger partial charge in [0, 0.05) is 34.1 Å². The number of hydrogen-bond acceptors (Lipinski definition) is 4. The molecule has 6 nitrogen and oxygen atoms in total. The van der Waals surface area contributed by atoms with Gasteiger partial charge in [-0.3, -0.25) is 9.59 Å². The van der Waals surface area contributed by atoms with Crippen LogP contribution < -0.4 is 20.1 Å². The van der Waals surface area contributed by atoms with Gasteiger partial charge in [-0.25, -0.2) is 0 Å². The van der Waals surface area contributed by atoms with Crippen LogP contribution in [0.5, 0.6) is 11.5 Å². The lowest BCUT2D eigenvalue weighted by molar-refractivity contribution is -0.120. The summed E-state index contributed by atoms with van der Waals surface area (Å²) in [7, 11) is 0. The fraction of sp³-hybridized carbons (Fsp3) is 0.333. The lowest BCUT2D eigenvalue weighted by Crippen LogP contribution is -2.36. The van der Waals surface area contributed by atoms with Crippen LogP contribution in [0.15, 0.2) is 40.9 Å². The van der Waals surface area contributed by atoms with E-state index in [1.54, 1.807) is 18.2 Å². The molecule has 0 aromatic heterocycles. The van der Waals surface area contributed by atoms with E-state index in [1.807, 2.05) is 32.0 Å². The van der Waals surface area contributed by atoms with Crippen molar-refractivity contribution in [1.29, 1.82) is 0 Å². The zero-order chi connectivity index (χ0) is 20.1. The lowest BCUT2D eigenvalue weighted by Gasteiger charge is -2.13. The summed E-state index contributed by atoms with van der Waals surface area (Å²) in [6, 6.07) is 10.9. The Labute approximate surface area is 172 Å². The summed E-state index contributed by atoms with van der Waals surface area (Å²) < 4.78 is 12.3. The minimum absolute atomic E-state index is 0.103. The maximum atomic E-state index is 12.2. The standard InChI is InChI=1S/C21H23BrN2O4/c1-3-27-18-9-15-7-13(2)28-19(15)10-16(18)11-23-20(25)12-24-21(26)14-5-4-6-17(22)8-14/h4-6,8-10,13H,3,7,11-12H2,1-2H3,(H,23,25)(H,24,26). The van der Waals surface area contributed by atoms with Crippen molar-refractivity contribution in [2.75, 3.05) is 13.2 Å². The van der Waals surface area contributed by atoms with Crippen LogP contribution in [0.1, 0.15) is 35.3 Å². The summed E-state index contributed by atoms with van der Waals surface area (Å²) in [5, 5.41) is 5.44. The van der Waals surface area contributed by atoms with E-state index in [4.69, 9.17) is 9.47 Å². The van der Waals surface area contributed by atoms with Gasteiger partial charge in [-0.05, 0) is 44.2 Å². The number of carbonyl (C=O) groups excluding carboxylic acids is 2. The summed E-state index contributed by atoms with van der Waals surface area (Å²) in [6.45, 7) is 4.68. The monoisotopic (exact) mass is 446 g/mol. The summed E-state index contributed by atoms with van der Waals surface area (Å²) in [6.07, 6.45) is 0.992. The molecule has 2 amide bonds. The fourth-order valence-corrected chi connectivity index (χ4v) is 3.46. The van der Waals surface area contributed by atoms with Crippen molar-refractivity contribution < 1.29 is 19.1 Å². The van der Waals surface area contributed by atoms with Crippen molar-refractivity contribution >= 4 is 27.7 Å². The molecule has 1 heterocycles. The SMILES string of the molecule is CCOc1cc2c(cc1CNC(=O)CNC(=O)c1cccc(Br)c1)OC(C)C2. The Bertz CT molecular complexity index is 885. The van der Waals surface area contributed by atoms with E-state index in [-0.39, 0.29) is 24.5 Å². The summed E-state index contributed by atoms with van der Waals surface area (Å²) in [4.78, 5) is 24.3. The van der Waals surface area contributed by atoms with Gasteiger partial charge in [0.2, 0.25) is 5.91 Å². The van der Waals surface area contributed by atoms with Crippen LogP contribution in [-0.2, 0) is 17.8 Å². The van der Waals surface area contributed by atoms with Crippen molar-refractivity contribution in [3.63, 3.8) is 0 Å². The van der Waals surface area contributed by atoms with Crippen molar-refractivity contribution in [1.82, 2.24) is 10.6 Å². The molecule has 1 atom stereocenters. The molecule has 3 rings (SSSR count). The minimum Gasteiger partial charge on any atom is -0.494 e. The number of carbonyl (C=O) groups is 2. The third-order valence-corrected chi connectivity index (χ3v) is 4.84. The van der Waals surface area contributed by atoms with Gasteiger partial charge in [-0.2, -0.15) is 0 Å². The largest absolute Gasteiger partial charge is 0.494 e. The molecule has 1 aliphatic rings. The van der Waals surface area contributed by atoms with Gasteiger partial charge in [-0.15, -0.1) is 0 Å². The Balaban J connectivity index is 1.57. The Morgan fingerprint density at radius 2 is 2.07 bits per heavy atom. The second-order valence-electron chi connectivity index (χ2n) is 6.60. The molecular weight excluding hydrogens is 424 g/mol. The first-order valence-electron chi connectivity index (χ1n) is 9.22. The average molecular weight is 447 g/mol. The van der Waals surface area contributed by atoms with E-state index in [0.717, 1.165) is 33.5 Å². The highest BCUT2D eigenvalue weighted by molar-refractivity contribution is 9.10. The quantitative estimate of drug-likeness (QED) is 0.684. The van der Waals surface area contributed by atoms with Crippen LogP contribution in [0, 0.1) is 0 Å². The predicted octanol–water partition coefficient (Wildman–Crippen LogP) is 3.22. The van der Waals surface area contributed by atoms with Crippen molar-refractivity contribution in [3.05, 3.63) is 57.6 Å². The van der Waals surface area contributed by atoms with Crippen LogP contribution in [0.25, 0.3) is 0 Å². The molecule has 1 unspecified atom stereocenters. The summed E-state index contributed by atoms with van der Waals surface area (Å²) in [5.41, 5.74) is 2.46. The average Bonchev–Trinajstić information content (AvgIpc) is 3.03. The van der Waals surface area contributed by atoms with E-state index in [2.05, 4.69) is 26.6 Å². The van der Waals surface area contributed by atoms with Crippen LogP contribution in [0.2, 0.25) is 0 Å². The van der Waals surface area contributed by atoms with Crippen LogP contribution in [0.3, 0.4) is 0 Å². The maximum Gasteiger partial charge on any atom is 0.251 e. The minimum atomic E-state index is -0.300. The Kier molecular flexibility index (Phi) is 6.57. The number of amides is 2. The van der Waals surface area contributed by atoms with Gasteiger partial charge in [0.05, 0.1) is 13.2 Å². The first-order valence-corrected chi connectivity index (χ1v) is 10.0. The first-order chi connectivity index (χ1) is 13.5. The van der Waals surface area contributed by atoms with Crippen LogP contribution in [0.4, 0.5) is 0 Å². The Morgan fingerprint density at radius 1 is 1.25 bits per heavy atom. The van der Waals surface area contributed by atoms with Crippen LogP contribution >= 0.6 is 15.9 Å². The third kappa shape index (κ3) is 5.04. The predicted molar refractivity (Wildman–Crippen MR) is 110 cm³/mol. The van der Waals surface area contributed by atoms with E-state index < -0.39 is 0 Å². The lowest BCUT2D eigenvalue weighted by atomic mass is 10.1. The highest BCUT2D eigenvalue weighted by Crippen LogP contribution is 2.35. The molecule has 0 bridgehead atoms. The summed E-state index contributed by atoms with van der Waals surface area (Å²) in [5.74, 6) is 1.01. The first kappa shape index (κ1) is 20.2. The Hall–Kier alpha value is -2.54. The van der Waals surface area contributed by atoms with E-state index in [9.17, 15) is 9.59 Å². The maximum absolute atomic E-state index is 12.2. The molecule has 2 N–H and O–H groups in total. The smallest absolute Gasteiger partial charge is 0.251 e. The zero-order valence-corrected chi connectivity index (χ0v) is 17.5. The van der Waals surface area contributed by atoms with Crippen molar-refractivity contribution in [3.8, 4) is 11.5 Å². The molecule has 0 radical (unpaired) electrons. The van der Waals surface area contributed by atoms with Gasteiger partial charge < -0.3 is 20.1 Å². The van der Waals surface area contributed by atoms with E-state index in [0.29, 0.717) is 18.7 Å². The third-order valence-electron chi connectivity index (χ3n) is 4.35. The van der Waals surface area contributed by atoms with Gasteiger partial charge in [-0.1, -0.05) is 22.0 Å². The molecule has 0 spiro atoms.